The maximum atomic E-state index is 13.3. The number of aryl methyl sites for hydroxylation is 1. The minimum atomic E-state index is -1.51. The summed E-state index contributed by atoms with van der Waals surface area (Å²) in [5.41, 5.74) is 3.87. The number of benzene rings is 2. The molecule has 2 bridgehead atoms. The molecule has 4 aliphatic rings. The lowest BCUT2D eigenvalue weighted by molar-refractivity contribution is -0.115. The number of aliphatic hydroxyl groups excluding tert-OH is 2. The highest BCUT2D eigenvalue weighted by Crippen LogP contribution is 2.44. The van der Waals surface area contributed by atoms with Crippen LogP contribution in [0.15, 0.2) is 36.4 Å². The van der Waals surface area contributed by atoms with Crippen LogP contribution < -0.4 is 14.4 Å². The smallest absolute Gasteiger partial charge is 0.263 e. The van der Waals surface area contributed by atoms with Gasteiger partial charge in [0.05, 0.1) is 36.8 Å². The molecule has 6 rings (SSSR count). The molecule has 2 aromatic carbocycles. The summed E-state index contributed by atoms with van der Waals surface area (Å²) in [7, 11) is -1.51. The normalized spacial score (nSPS) is 28.7. The molecule has 3 heterocycles. The summed E-state index contributed by atoms with van der Waals surface area (Å²) < 4.78 is 22.3. The molecule has 0 aromatic heterocycles. The first-order chi connectivity index (χ1) is 24.7. The number of halogens is 1. The first-order valence-electron chi connectivity index (χ1n) is 19.1. The molecule has 282 valence electrons. The lowest BCUT2D eigenvalue weighted by Crippen LogP contribution is -2.43. The number of likely N-dealkylation sites (tertiary alicyclic amines) is 1. The number of nitrogens with one attached hydrogen (secondary N) is 1. The van der Waals surface area contributed by atoms with E-state index < -0.39 is 11.0 Å². The Kier molecular flexibility index (Phi) is 14.8. The van der Waals surface area contributed by atoms with Crippen molar-refractivity contribution in [2.75, 3.05) is 50.9 Å². The summed E-state index contributed by atoms with van der Waals surface area (Å²) >= 11 is 6.39. The maximum Gasteiger partial charge on any atom is 0.263 e. The largest absolute Gasteiger partial charge is 0.491 e. The number of hydrogen-bond acceptors (Lipinski definition) is 8. The average molecular weight is 744 g/mol. The highest BCUT2D eigenvalue weighted by atomic mass is 35.5. The molecular formula is C40H58ClN3O6S. The molecule has 11 heteroatoms. The molecule has 3 aliphatic heterocycles. The SMILES string of the molecule is CCCc1cc(Cl)ccc1C1COc2ccc3cc2N(C1)CC1CCC1C(C=O)CCCC(C)C(C)S(=O)NC3=O.OCC(CO)N1CCCC1. The van der Waals surface area contributed by atoms with E-state index in [4.69, 9.17) is 26.6 Å². The fourth-order valence-electron chi connectivity index (χ4n) is 8.27. The number of ether oxygens (including phenoxy) is 1. The number of carbonyl (C=O) groups excluding carboxylic acids is 2. The third-order valence-corrected chi connectivity index (χ3v) is 13.5. The van der Waals surface area contributed by atoms with E-state index in [1.54, 1.807) is 6.07 Å². The van der Waals surface area contributed by atoms with E-state index in [0.717, 1.165) is 87.6 Å². The predicted octanol–water partition coefficient (Wildman–Crippen LogP) is 6.15. The lowest BCUT2D eigenvalue weighted by atomic mass is 9.66. The zero-order valence-electron chi connectivity index (χ0n) is 30.6. The molecule has 2 fully saturated rings. The minimum Gasteiger partial charge on any atom is -0.491 e. The zero-order valence-corrected chi connectivity index (χ0v) is 32.2. The summed E-state index contributed by atoms with van der Waals surface area (Å²) in [5.74, 6) is 1.54. The van der Waals surface area contributed by atoms with Crippen molar-refractivity contribution < 1.29 is 28.7 Å². The van der Waals surface area contributed by atoms with E-state index in [1.165, 1.54) is 30.3 Å². The van der Waals surface area contributed by atoms with Gasteiger partial charge < -0.3 is 24.6 Å². The second kappa shape index (κ2) is 19.0. The van der Waals surface area contributed by atoms with E-state index >= 15 is 0 Å². The number of nitrogens with zero attached hydrogens (tertiary/aromatic N) is 2. The Bertz CT molecular complexity index is 1480. The first kappa shape index (κ1) is 39.7. The summed E-state index contributed by atoms with van der Waals surface area (Å²) in [6.45, 7) is 10.5. The number of hydrogen-bond donors (Lipinski definition) is 3. The fourth-order valence-corrected chi connectivity index (χ4v) is 9.51. The van der Waals surface area contributed by atoms with Crippen LogP contribution in [0.25, 0.3) is 0 Å². The summed E-state index contributed by atoms with van der Waals surface area (Å²) in [6, 6.07) is 11.7. The molecule has 9 nitrogen and oxygen atoms in total. The van der Waals surface area contributed by atoms with Crippen LogP contribution in [0.4, 0.5) is 5.69 Å². The summed E-state index contributed by atoms with van der Waals surface area (Å²) in [5, 5.41) is 18.1. The van der Waals surface area contributed by atoms with E-state index in [2.05, 4.69) is 40.5 Å². The number of aliphatic hydroxyl groups is 2. The van der Waals surface area contributed by atoms with Gasteiger partial charge in [-0.05, 0) is 124 Å². The number of carbonyl (C=O) groups is 2. The zero-order chi connectivity index (χ0) is 36.5. The van der Waals surface area contributed by atoms with Gasteiger partial charge in [-0.2, -0.15) is 0 Å². The quantitative estimate of drug-likeness (QED) is 0.289. The van der Waals surface area contributed by atoms with Gasteiger partial charge >= 0.3 is 0 Å². The van der Waals surface area contributed by atoms with Crippen LogP contribution in [0.1, 0.15) is 99.5 Å². The van der Waals surface area contributed by atoms with E-state index in [9.17, 15) is 13.8 Å². The van der Waals surface area contributed by atoms with Crippen molar-refractivity contribution in [2.45, 2.75) is 95.8 Å². The molecule has 51 heavy (non-hydrogen) atoms. The average Bonchev–Trinajstić information content (AvgIpc) is 3.59. The Hall–Kier alpha value is -2.50. The number of amides is 1. The van der Waals surface area contributed by atoms with Gasteiger partial charge in [0.2, 0.25) is 0 Å². The van der Waals surface area contributed by atoms with Crippen molar-refractivity contribution in [3.05, 3.63) is 58.1 Å². The van der Waals surface area contributed by atoms with Crippen LogP contribution in [0.5, 0.6) is 5.75 Å². The van der Waals surface area contributed by atoms with Crippen LogP contribution in [0.2, 0.25) is 5.02 Å². The second-order valence-electron chi connectivity index (χ2n) is 15.1. The summed E-state index contributed by atoms with van der Waals surface area (Å²) in [6.07, 6.45) is 10.4. The van der Waals surface area contributed by atoms with Crippen LogP contribution >= 0.6 is 11.6 Å². The topological polar surface area (TPSA) is 119 Å². The van der Waals surface area contributed by atoms with Crippen molar-refractivity contribution in [1.29, 1.82) is 0 Å². The van der Waals surface area contributed by atoms with E-state index in [0.29, 0.717) is 24.0 Å². The second-order valence-corrected chi connectivity index (χ2v) is 17.1. The van der Waals surface area contributed by atoms with Crippen molar-refractivity contribution in [3.63, 3.8) is 0 Å². The number of fused-ring (bicyclic) bond motifs is 2. The molecule has 1 amide bonds. The molecule has 7 unspecified atom stereocenters. The Labute approximate surface area is 312 Å². The first-order valence-corrected chi connectivity index (χ1v) is 20.7. The van der Waals surface area contributed by atoms with Crippen LogP contribution in [0, 0.1) is 23.7 Å². The fraction of sp³-hybridized carbons (Fsp3) is 0.650. The van der Waals surface area contributed by atoms with Crippen molar-refractivity contribution in [2.24, 2.45) is 23.7 Å². The minimum absolute atomic E-state index is 0.0116. The van der Waals surface area contributed by atoms with Crippen LogP contribution in [0.3, 0.4) is 0 Å². The standard InChI is InChI=1S/C33H43ClN2O4S.C7H15NO2/c1-4-6-23-15-28(34)11-13-29(23)27-18-36-17-25-9-12-30(25)26(19-37)8-5-7-21(2)22(3)41(39)35-33(38)24-10-14-32(40-20-27)31(36)16-24;9-5-7(6-10)8-3-1-2-4-8/h10-11,13-16,19,21-22,25-27,30H,4-9,12,17-18,20H2,1-3H3,(H,35,38);7,9-10H,1-6H2. The maximum absolute atomic E-state index is 13.3. The van der Waals surface area contributed by atoms with E-state index in [-0.39, 0.29) is 48.2 Å². The van der Waals surface area contributed by atoms with Crippen LogP contribution in [-0.2, 0) is 22.2 Å². The molecule has 1 aliphatic carbocycles. The van der Waals surface area contributed by atoms with Gasteiger partial charge in [-0.15, -0.1) is 0 Å². The van der Waals surface area contributed by atoms with Crippen molar-refractivity contribution in [1.82, 2.24) is 9.62 Å². The highest BCUT2D eigenvalue weighted by molar-refractivity contribution is 7.84. The van der Waals surface area contributed by atoms with Gasteiger partial charge in [0.15, 0.2) is 0 Å². The van der Waals surface area contributed by atoms with Gasteiger partial charge in [0.1, 0.15) is 23.0 Å². The van der Waals surface area contributed by atoms with Gasteiger partial charge in [-0.25, -0.2) is 4.21 Å². The highest BCUT2D eigenvalue weighted by Gasteiger charge is 2.39. The molecule has 0 radical (unpaired) electrons. The monoisotopic (exact) mass is 743 g/mol. The Morgan fingerprint density at radius 3 is 2.45 bits per heavy atom. The third kappa shape index (κ3) is 9.93. The molecule has 1 saturated carbocycles. The number of anilines is 1. The van der Waals surface area contributed by atoms with Gasteiger partial charge in [-0.1, -0.05) is 44.4 Å². The third-order valence-electron chi connectivity index (χ3n) is 11.8. The van der Waals surface area contributed by atoms with Gasteiger partial charge in [-0.3, -0.25) is 14.4 Å². The van der Waals surface area contributed by atoms with Crippen molar-refractivity contribution in [3.8, 4) is 5.75 Å². The molecular weight excluding hydrogens is 686 g/mol. The Morgan fingerprint density at radius 2 is 1.78 bits per heavy atom. The van der Waals surface area contributed by atoms with Crippen LogP contribution in [-0.4, -0.2) is 88.8 Å². The molecule has 0 spiro atoms. The van der Waals surface area contributed by atoms with Crippen molar-refractivity contribution >= 4 is 40.5 Å². The molecule has 2 aromatic rings. The molecule has 7 atom stereocenters. The van der Waals surface area contributed by atoms with Gasteiger partial charge in [0.25, 0.3) is 5.91 Å². The Morgan fingerprint density at radius 1 is 1.02 bits per heavy atom. The molecule has 3 N–H and O–H groups in total. The molecule has 1 saturated heterocycles. The van der Waals surface area contributed by atoms with E-state index in [1.807, 2.05) is 25.1 Å². The summed E-state index contributed by atoms with van der Waals surface area (Å²) in [4.78, 5) is 30.0. The predicted molar refractivity (Wildman–Crippen MR) is 205 cm³/mol. The number of aldehydes is 1. The number of rotatable bonds is 7. The van der Waals surface area contributed by atoms with Gasteiger partial charge in [0, 0.05) is 35.5 Å². The Balaban J connectivity index is 0.000000435. The lowest BCUT2D eigenvalue weighted by Gasteiger charge is -2.43.